The molecular formula is C15H13ClF3N. The number of likely N-dealkylation sites (N-methyl/N-ethyl adjacent to an activating group) is 1. The van der Waals surface area contributed by atoms with Crippen molar-refractivity contribution < 1.29 is 13.2 Å². The zero-order valence-corrected chi connectivity index (χ0v) is 11.5. The van der Waals surface area contributed by atoms with Gasteiger partial charge in [0, 0.05) is 16.6 Å². The smallest absolute Gasteiger partial charge is 0.129 e. The van der Waals surface area contributed by atoms with E-state index in [1.807, 2.05) is 0 Å². The third-order valence-electron chi connectivity index (χ3n) is 3.13. The van der Waals surface area contributed by atoms with E-state index in [1.165, 1.54) is 12.1 Å². The first-order valence-electron chi connectivity index (χ1n) is 6.08. The highest BCUT2D eigenvalue weighted by Crippen LogP contribution is 2.28. The van der Waals surface area contributed by atoms with Crippen LogP contribution in [-0.4, -0.2) is 7.05 Å². The maximum absolute atomic E-state index is 13.9. The summed E-state index contributed by atoms with van der Waals surface area (Å²) in [5, 5.41) is 3.13. The fraction of sp³-hybridized carbons (Fsp3) is 0.200. The molecule has 20 heavy (non-hydrogen) atoms. The average Bonchev–Trinajstić information content (AvgIpc) is 2.41. The number of benzene rings is 2. The van der Waals surface area contributed by atoms with E-state index in [9.17, 15) is 13.2 Å². The summed E-state index contributed by atoms with van der Waals surface area (Å²) < 4.78 is 40.7. The first-order chi connectivity index (χ1) is 9.52. The number of rotatable bonds is 4. The average molecular weight is 300 g/mol. The molecule has 0 amide bonds. The van der Waals surface area contributed by atoms with Gasteiger partial charge in [-0.1, -0.05) is 17.7 Å². The molecule has 1 N–H and O–H groups in total. The Kier molecular flexibility index (Phi) is 4.68. The van der Waals surface area contributed by atoms with Crippen molar-refractivity contribution in [3.8, 4) is 0 Å². The second-order valence-corrected chi connectivity index (χ2v) is 4.82. The lowest BCUT2D eigenvalue weighted by Gasteiger charge is -2.19. The Labute approximate surface area is 120 Å². The van der Waals surface area contributed by atoms with Crippen LogP contribution in [0.5, 0.6) is 0 Å². The zero-order chi connectivity index (χ0) is 14.7. The first kappa shape index (κ1) is 14.9. The molecule has 1 unspecified atom stereocenters. The van der Waals surface area contributed by atoms with Gasteiger partial charge in [-0.2, -0.15) is 0 Å². The molecule has 0 aliphatic rings. The highest BCUT2D eigenvalue weighted by atomic mass is 35.5. The third kappa shape index (κ3) is 3.14. The lowest BCUT2D eigenvalue weighted by Crippen LogP contribution is -2.21. The summed E-state index contributed by atoms with van der Waals surface area (Å²) in [6, 6.07) is 7.01. The first-order valence-corrected chi connectivity index (χ1v) is 6.46. The Morgan fingerprint density at radius 1 is 1.10 bits per heavy atom. The predicted octanol–water partition coefficient (Wildman–Crippen LogP) is 4.26. The van der Waals surface area contributed by atoms with Crippen molar-refractivity contribution in [3.63, 3.8) is 0 Å². The van der Waals surface area contributed by atoms with E-state index in [1.54, 1.807) is 13.1 Å². The van der Waals surface area contributed by atoms with Crippen LogP contribution in [0, 0.1) is 17.5 Å². The van der Waals surface area contributed by atoms with Crippen LogP contribution < -0.4 is 5.32 Å². The second kappa shape index (κ2) is 6.29. The highest BCUT2D eigenvalue weighted by molar-refractivity contribution is 6.31. The Morgan fingerprint density at radius 2 is 1.85 bits per heavy atom. The van der Waals surface area contributed by atoms with Crippen LogP contribution in [0.1, 0.15) is 17.2 Å². The van der Waals surface area contributed by atoms with Crippen molar-refractivity contribution in [3.05, 3.63) is 70.0 Å². The molecule has 0 heterocycles. The monoisotopic (exact) mass is 299 g/mol. The van der Waals surface area contributed by atoms with Gasteiger partial charge in [0.15, 0.2) is 0 Å². The van der Waals surface area contributed by atoms with Gasteiger partial charge in [-0.3, -0.25) is 0 Å². The largest absolute Gasteiger partial charge is 0.313 e. The molecule has 1 atom stereocenters. The molecule has 0 saturated heterocycles. The fourth-order valence-corrected chi connectivity index (χ4v) is 2.41. The fourth-order valence-electron chi connectivity index (χ4n) is 2.11. The normalized spacial score (nSPS) is 12.4. The van der Waals surface area contributed by atoms with Crippen molar-refractivity contribution in [2.45, 2.75) is 12.5 Å². The Morgan fingerprint density at radius 3 is 2.50 bits per heavy atom. The molecule has 5 heteroatoms. The van der Waals surface area contributed by atoms with E-state index in [2.05, 4.69) is 5.32 Å². The van der Waals surface area contributed by atoms with Crippen LogP contribution in [0.4, 0.5) is 13.2 Å². The van der Waals surface area contributed by atoms with E-state index < -0.39 is 23.5 Å². The summed E-state index contributed by atoms with van der Waals surface area (Å²) in [6.45, 7) is 0. The lowest BCUT2D eigenvalue weighted by atomic mass is 9.98. The van der Waals surface area contributed by atoms with Gasteiger partial charge in [-0.15, -0.1) is 0 Å². The molecule has 0 fully saturated rings. The van der Waals surface area contributed by atoms with Gasteiger partial charge in [0.05, 0.1) is 0 Å². The predicted molar refractivity (Wildman–Crippen MR) is 73.3 cm³/mol. The molecule has 0 aromatic heterocycles. The van der Waals surface area contributed by atoms with Crippen LogP contribution in [-0.2, 0) is 6.42 Å². The lowest BCUT2D eigenvalue weighted by molar-refractivity contribution is 0.515. The summed E-state index contributed by atoms with van der Waals surface area (Å²) in [6.07, 6.45) is 0.0980. The summed E-state index contributed by atoms with van der Waals surface area (Å²) >= 11 is 5.99. The quantitative estimate of drug-likeness (QED) is 0.889. The van der Waals surface area contributed by atoms with Crippen LogP contribution in [0.2, 0.25) is 5.02 Å². The Bertz CT molecular complexity index is 596. The Balaban J connectivity index is 2.36. The number of hydrogen-bond acceptors (Lipinski definition) is 1. The molecule has 2 aromatic rings. The molecular weight excluding hydrogens is 287 g/mol. The number of halogens is 4. The molecule has 0 aliphatic heterocycles. The van der Waals surface area contributed by atoms with E-state index >= 15 is 0 Å². The minimum Gasteiger partial charge on any atom is -0.313 e. The topological polar surface area (TPSA) is 12.0 Å². The van der Waals surface area contributed by atoms with Crippen LogP contribution in [0.25, 0.3) is 0 Å². The number of nitrogens with one attached hydrogen (secondary N) is 1. The maximum Gasteiger partial charge on any atom is 0.129 e. The van der Waals surface area contributed by atoms with E-state index in [0.29, 0.717) is 0 Å². The summed E-state index contributed by atoms with van der Waals surface area (Å²) in [5.74, 6) is -1.54. The highest BCUT2D eigenvalue weighted by Gasteiger charge is 2.19. The van der Waals surface area contributed by atoms with Crippen LogP contribution in [0.3, 0.4) is 0 Å². The molecule has 2 aromatic carbocycles. The molecule has 0 aliphatic carbocycles. The van der Waals surface area contributed by atoms with Crippen molar-refractivity contribution in [1.29, 1.82) is 0 Å². The van der Waals surface area contributed by atoms with Gasteiger partial charge in [-0.05, 0) is 49.4 Å². The summed E-state index contributed by atoms with van der Waals surface area (Å²) in [7, 11) is 1.62. The molecule has 2 rings (SSSR count). The van der Waals surface area contributed by atoms with Gasteiger partial charge >= 0.3 is 0 Å². The minimum absolute atomic E-state index is 0.0980. The van der Waals surface area contributed by atoms with Gasteiger partial charge in [-0.25, -0.2) is 13.2 Å². The minimum atomic E-state index is -0.542. The number of hydrogen-bond donors (Lipinski definition) is 1. The summed E-state index contributed by atoms with van der Waals surface area (Å²) in [5.41, 5.74) is 0.420. The molecule has 0 spiro atoms. The van der Waals surface area contributed by atoms with Crippen molar-refractivity contribution in [1.82, 2.24) is 5.32 Å². The van der Waals surface area contributed by atoms with E-state index in [-0.39, 0.29) is 22.6 Å². The molecule has 0 bridgehead atoms. The molecule has 0 saturated carbocycles. The second-order valence-electron chi connectivity index (χ2n) is 4.42. The van der Waals surface area contributed by atoms with Crippen LogP contribution >= 0.6 is 11.6 Å². The van der Waals surface area contributed by atoms with Crippen molar-refractivity contribution >= 4 is 11.6 Å². The van der Waals surface area contributed by atoms with Gasteiger partial charge in [0.1, 0.15) is 17.5 Å². The zero-order valence-electron chi connectivity index (χ0n) is 10.8. The van der Waals surface area contributed by atoms with E-state index in [4.69, 9.17) is 11.6 Å². The van der Waals surface area contributed by atoms with Gasteiger partial charge in [0.2, 0.25) is 0 Å². The van der Waals surface area contributed by atoms with Crippen LogP contribution in [0.15, 0.2) is 36.4 Å². The molecule has 0 radical (unpaired) electrons. The maximum atomic E-state index is 13.9. The SMILES string of the molecule is CNC(Cc1cc(F)ccc1F)c1c(F)cccc1Cl. The van der Waals surface area contributed by atoms with Crippen molar-refractivity contribution in [2.75, 3.05) is 7.05 Å². The molecule has 106 valence electrons. The summed E-state index contributed by atoms with van der Waals surface area (Å²) in [4.78, 5) is 0. The molecule has 1 nitrogen and oxygen atoms in total. The van der Waals surface area contributed by atoms with Gasteiger partial charge in [0.25, 0.3) is 0 Å². The van der Waals surface area contributed by atoms with Gasteiger partial charge < -0.3 is 5.32 Å². The Hall–Kier alpha value is -1.52. The standard InChI is InChI=1S/C15H13ClF3N/c1-20-14(15-11(16)3-2-4-13(15)19)8-9-7-10(17)5-6-12(9)18/h2-7,14,20H,8H2,1H3. The third-order valence-corrected chi connectivity index (χ3v) is 3.46. The van der Waals surface area contributed by atoms with Crippen molar-refractivity contribution in [2.24, 2.45) is 0 Å². The van der Waals surface area contributed by atoms with E-state index in [0.717, 1.165) is 18.2 Å².